The smallest absolute Gasteiger partial charge is 0.310 e. The highest BCUT2D eigenvalue weighted by molar-refractivity contribution is 7.89. The molecule has 0 fully saturated rings. The van der Waals surface area contributed by atoms with Crippen LogP contribution in [-0.2, 0) is 19.6 Å². The minimum atomic E-state index is -3.66. The van der Waals surface area contributed by atoms with Crippen molar-refractivity contribution in [2.45, 2.75) is 0 Å². The first-order valence-electron chi connectivity index (χ1n) is 3.80. The van der Waals surface area contributed by atoms with Crippen LogP contribution in [0.1, 0.15) is 0 Å². The van der Waals surface area contributed by atoms with Crippen LogP contribution in [-0.4, -0.2) is 39.1 Å². The summed E-state index contributed by atoms with van der Waals surface area (Å²) >= 11 is 0. The molecule has 0 aromatic carbocycles. The van der Waals surface area contributed by atoms with E-state index in [9.17, 15) is 18.0 Å². The first-order chi connectivity index (χ1) is 6.87. The SMILES string of the molecule is N#CCNC(=O)C(=O)NCCS(N)(=O)=O. The number of nitrogens with two attached hydrogens (primary N) is 1. The van der Waals surface area contributed by atoms with Gasteiger partial charge in [-0.1, -0.05) is 0 Å². The van der Waals surface area contributed by atoms with Gasteiger partial charge in [-0.15, -0.1) is 0 Å². The molecule has 2 amide bonds. The van der Waals surface area contributed by atoms with Gasteiger partial charge in [-0.05, 0) is 0 Å². The van der Waals surface area contributed by atoms with E-state index in [1.807, 2.05) is 10.6 Å². The third kappa shape index (κ3) is 7.41. The minimum absolute atomic E-state index is 0.252. The van der Waals surface area contributed by atoms with Gasteiger partial charge in [0, 0.05) is 6.54 Å². The van der Waals surface area contributed by atoms with E-state index in [-0.39, 0.29) is 13.1 Å². The number of carbonyl (C=O) groups is 2. The number of primary sulfonamides is 1. The number of nitrogens with zero attached hydrogens (tertiary/aromatic N) is 1. The van der Waals surface area contributed by atoms with Crippen LogP contribution in [0.2, 0.25) is 0 Å². The second kappa shape index (κ2) is 5.94. The van der Waals surface area contributed by atoms with Gasteiger partial charge in [0.25, 0.3) is 0 Å². The van der Waals surface area contributed by atoms with E-state index >= 15 is 0 Å². The van der Waals surface area contributed by atoms with Crippen molar-refractivity contribution in [3.63, 3.8) is 0 Å². The first-order valence-corrected chi connectivity index (χ1v) is 5.52. The van der Waals surface area contributed by atoms with Crippen LogP contribution in [0.5, 0.6) is 0 Å². The Balaban J connectivity index is 3.85. The van der Waals surface area contributed by atoms with Crippen molar-refractivity contribution in [2.24, 2.45) is 5.14 Å². The van der Waals surface area contributed by atoms with Gasteiger partial charge >= 0.3 is 11.8 Å². The number of sulfonamides is 1. The van der Waals surface area contributed by atoms with E-state index in [1.54, 1.807) is 6.07 Å². The lowest BCUT2D eigenvalue weighted by molar-refractivity contribution is -0.138. The number of amides is 2. The van der Waals surface area contributed by atoms with Crippen molar-refractivity contribution in [3.8, 4) is 6.07 Å². The maximum absolute atomic E-state index is 10.9. The molecule has 0 rings (SSSR count). The molecule has 0 aromatic rings. The molecule has 0 spiro atoms. The van der Waals surface area contributed by atoms with E-state index in [0.717, 1.165) is 0 Å². The van der Waals surface area contributed by atoms with Crippen LogP contribution in [0.4, 0.5) is 0 Å². The van der Waals surface area contributed by atoms with Gasteiger partial charge in [0.2, 0.25) is 10.0 Å². The standard InChI is InChI=1S/C6H10N4O4S/c7-1-2-9-5(11)6(12)10-3-4-15(8,13)14/h2-4H2,(H,9,11)(H,10,12)(H2,8,13,14). The lowest BCUT2D eigenvalue weighted by atomic mass is 10.5. The lowest BCUT2D eigenvalue weighted by Crippen LogP contribution is -2.42. The Hall–Kier alpha value is -1.66. The Kier molecular flexibility index (Phi) is 5.29. The van der Waals surface area contributed by atoms with E-state index in [2.05, 4.69) is 5.14 Å². The second-order valence-electron chi connectivity index (χ2n) is 2.46. The molecule has 0 aliphatic rings. The molecular formula is C6H10N4O4S. The molecule has 0 bridgehead atoms. The fraction of sp³-hybridized carbons (Fsp3) is 0.500. The Labute approximate surface area is 86.5 Å². The zero-order valence-corrected chi connectivity index (χ0v) is 8.50. The van der Waals surface area contributed by atoms with Gasteiger partial charge in [-0.3, -0.25) is 9.59 Å². The largest absolute Gasteiger partial charge is 0.347 e. The van der Waals surface area contributed by atoms with E-state index in [4.69, 9.17) is 5.26 Å². The van der Waals surface area contributed by atoms with Crippen LogP contribution < -0.4 is 15.8 Å². The Morgan fingerprint density at radius 1 is 1.27 bits per heavy atom. The van der Waals surface area contributed by atoms with Crippen molar-refractivity contribution >= 4 is 21.8 Å². The number of nitriles is 1. The number of hydrogen-bond donors (Lipinski definition) is 3. The maximum Gasteiger partial charge on any atom is 0.310 e. The Morgan fingerprint density at radius 2 is 1.80 bits per heavy atom. The van der Waals surface area contributed by atoms with Crippen molar-refractivity contribution in [3.05, 3.63) is 0 Å². The normalized spacial score (nSPS) is 10.1. The number of rotatable bonds is 4. The van der Waals surface area contributed by atoms with Gasteiger partial charge < -0.3 is 10.6 Å². The molecule has 0 aliphatic carbocycles. The molecule has 0 heterocycles. The summed E-state index contributed by atoms with van der Waals surface area (Å²) in [4.78, 5) is 21.7. The summed E-state index contributed by atoms with van der Waals surface area (Å²) in [6.07, 6.45) is 0. The summed E-state index contributed by atoms with van der Waals surface area (Å²) in [6.45, 7) is -0.543. The van der Waals surface area contributed by atoms with Crippen molar-refractivity contribution in [2.75, 3.05) is 18.8 Å². The van der Waals surface area contributed by atoms with Gasteiger partial charge in [0.1, 0.15) is 6.54 Å². The maximum atomic E-state index is 10.9. The topological polar surface area (TPSA) is 142 Å². The van der Waals surface area contributed by atoms with E-state index in [0.29, 0.717) is 0 Å². The van der Waals surface area contributed by atoms with Crippen molar-refractivity contribution < 1.29 is 18.0 Å². The molecule has 0 aromatic heterocycles. The highest BCUT2D eigenvalue weighted by Crippen LogP contribution is 1.75. The highest BCUT2D eigenvalue weighted by atomic mass is 32.2. The molecule has 4 N–H and O–H groups in total. The second-order valence-corrected chi connectivity index (χ2v) is 4.20. The summed E-state index contributed by atoms with van der Waals surface area (Å²) in [5.74, 6) is -2.45. The number of hydrogen-bond acceptors (Lipinski definition) is 5. The Morgan fingerprint density at radius 3 is 2.27 bits per heavy atom. The van der Waals surface area contributed by atoms with Crippen molar-refractivity contribution in [1.29, 1.82) is 5.26 Å². The van der Waals surface area contributed by atoms with Crippen molar-refractivity contribution in [1.82, 2.24) is 10.6 Å². The van der Waals surface area contributed by atoms with E-state index in [1.165, 1.54) is 0 Å². The molecule has 84 valence electrons. The third-order valence-electron chi connectivity index (χ3n) is 1.21. The zero-order valence-electron chi connectivity index (χ0n) is 7.69. The van der Waals surface area contributed by atoms with Gasteiger partial charge in [-0.2, -0.15) is 5.26 Å². The molecule has 8 nitrogen and oxygen atoms in total. The average Bonchev–Trinajstić information content (AvgIpc) is 2.11. The monoisotopic (exact) mass is 234 g/mol. The molecule has 0 atom stereocenters. The third-order valence-corrected chi connectivity index (χ3v) is 1.98. The average molecular weight is 234 g/mol. The van der Waals surface area contributed by atoms with Gasteiger partial charge in [0.15, 0.2) is 0 Å². The fourth-order valence-electron chi connectivity index (χ4n) is 0.587. The van der Waals surface area contributed by atoms with Crippen LogP contribution >= 0.6 is 0 Å². The molecule has 0 radical (unpaired) electrons. The summed E-state index contributed by atoms with van der Waals surface area (Å²) in [5.41, 5.74) is 0. The fourth-order valence-corrected chi connectivity index (χ4v) is 0.974. The predicted molar refractivity (Wildman–Crippen MR) is 49.6 cm³/mol. The summed E-state index contributed by atoms with van der Waals surface area (Å²) in [5, 5.41) is 16.8. The summed E-state index contributed by atoms with van der Waals surface area (Å²) in [6, 6.07) is 1.61. The zero-order chi connectivity index (χ0) is 11.9. The molecular weight excluding hydrogens is 224 g/mol. The van der Waals surface area contributed by atoms with Crippen LogP contribution in [0.25, 0.3) is 0 Å². The molecule has 0 aliphatic heterocycles. The number of nitrogens with one attached hydrogen (secondary N) is 2. The first kappa shape index (κ1) is 13.3. The minimum Gasteiger partial charge on any atom is -0.347 e. The van der Waals surface area contributed by atoms with Crippen LogP contribution in [0.15, 0.2) is 0 Å². The number of carbonyl (C=O) groups excluding carboxylic acids is 2. The quantitative estimate of drug-likeness (QED) is 0.351. The molecule has 15 heavy (non-hydrogen) atoms. The molecule has 0 unspecified atom stereocenters. The predicted octanol–water partition coefficient (Wildman–Crippen LogP) is -2.97. The molecule has 0 saturated heterocycles. The highest BCUT2D eigenvalue weighted by Gasteiger charge is 2.12. The van der Waals surface area contributed by atoms with E-state index < -0.39 is 27.6 Å². The van der Waals surface area contributed by atoms with Crippen LogP contribution in [0.3, 0.4) is 0 Å². The lowest BCUT2D eigenvalue weighted by Gasteiger charge is -2.02. The molecule has 9 heteroatoms. The Bertz CT molecular complexity index is 382. The summed E-state index contributed by atoms with van der Waals surface area (Å²) in [7, 11) is -3.66. The van der Waals surface area contributed by atoms with Gasteiger partial charge in [-0.25, -0.2) is 13.6 Å². The molecule has 0 saturated carbocycles. The summed E-state index contributed by atoms with van der Waals surface area (Å²) < 4.78 is 20.9. The van der Waals surface area contributed by atoms with Crippen LogP contribution in [0, 0.1) is 11.3 Å². The van der Waals surface area contributed by atoms with Gasteiger partial charge in [0.05, 0.1) is 11.8 Å².